The lowest BCUT2D eigenvalue weighted by atomic mass is 10.0. The smallest absolute Gasteiger partial charge is 0.271 e. The van der Waals surface area contributed by atoms with Gasteiger partial charge in [-0.3, -0.25) is 9.52 Å². The maximum Gasteiger partial charge on any atom is 0.271 e. The quantitative estimate of drug-likeness (QED) is 0.392. The first-order valence-electron chi connectivity index (χ1n) is 8.76. The maximum absolute atomic E-state index is 12.9. The van der Waals surface area contributed by atoms with Gasteiger partial charge in [0, 0.05) is 26.5 Å². The van der Waals surface area contributed by atoms with Crippen molar-refractivity contribution in [3.05, 3.63) is 94.5 Å². The zero-order chi connectivity index (χ0) is 20.6. The highest BCUT2D eigenvalue weighted by molar-refractivity contribution is 7.94. The van der Waals surface area contributed by atoms with E-state index in [2.05, 4.69) is 4.72 Å². The minimum absolute atomic E-state index is 0.114. The molecule has 0 amide bonds. The van der Waals surface area contributed by atoms with Crippen molar-refractivity contribution in [2.45, 2.75) is 11.1 Å². The van der Waals surface area contributed by atoms with Gasteiger partial charge in [0.15, 0.2) is 5.78 Å². The number of fused-ring (bicyclic) bond motifs is 1. The number of rotatable bonds is 5. The third-order valence-electron chi connectivity index (χ3n) is 4.53. The summed E-state index contributed by atoms with van der Waals surface area (Å²) in [5.74, 6) is -0.114. The van der Waals surface area contributed by atoms with Crippen LogP contribution < -0.4 is 4.72 Å². The molecule has 4 rings (SSSR count). The van der Waals surface area contributed by atoms with Crippen molar-refractivity contribution >= 4 is 54.5 Å². The molecule has 1 aromatic heterocycles. The fourth-order valence-corrected chi connectivity index (χ4v) is 6.05. The highest BCUT2D eigenvalue weighted by Gasteiger charge is 2.22. The molecule has 0 aliphatic carbocycles. The van der Waals surface area contributed by atoms with E-state index in [-0.39, 0.29) is 9.99 Å². The Kier molecular flexibility index (Phi) is 5.17. The summed E-state index contributed by atoms with van der Waals surface area (Å²) in [6.07, 6.45) is 0. The largest absolute Gasteiger partial charge is 0.289 e. The first-order valence-corrected chi connectivity index (χ1v) is 11.4. The molecule has 4 nitrogen and oxygen atoms in total. The van der Waals surface area contributed by atoms with Crippen LogP contribution in [0.15, 0.2) is 77.0 Å². The topological polar surface area (TPSA) is 63.2 Å². The number of aryl methyl sites for hydroxylation is 1. The van der Waals surface area contributed by atoms with Crippen LogP contribution in [0.25, 0.3) is 10.1 Å². The van der Waals surface area contributed by atoms with E-state index in [1.54, 1.807) is 67.6 Å². The highest BCUT2D eigenvalue weighted by Crippen LogP contribution is 2.36. The molecular weight excluding hydrogens is 426 g/mol. The summed E-state index contributed by atoms with van der Waals surface area (Å²) in [5, 5.41) is 1.39. The van der Waals surface area contributed by atoms with Gasteiger partial charge in [0.25, 0.3) is 10.0 Å². The van der Waals surface area contributed by atoms with Crippen LogP contribution in [0.5, 0.6) is 0 Å². The Morgan fingerprint density at radius 1 is 0.931 bits per heavy atom. The van der Waals surface area contributed by atoms with E-state index in [4.69, 9.17) is 11.6 Å². The second kappa shape index (κ2) is 7.63. The summed E-state index contributed by atoms with van der Waals surface area (Å²) in [6.45, 7) is 1.77. The minimum atomic E-state index is -3.76. The molecule has 7 heteroatoms. The summed E-state index contributed by atoms with van der Waals surface area (Å²) in [4.78, 5) is 12.5. The van der Waals surface area contributed by atoms with Crippen molar-refractivity contribution in [2.24, 2.45) is 0 Å². The number of ketones is 1. The van der Waals surface area contributed by atoms with Crippen molar-refractivity contribution in [1.82, 2.24) is 0 Å². The number of nitrogens with one attached hydrogen (secondary N) is 1. The molecule has 0 radical (unpaired) electrons. The maximum atomic E-state index is 12.9. The van der Waals surface area contributed by atoms with Crippen LogP contribution in [0, 0.1) is 6.92 Å². The van der Waals surface area contributed by atoms with E-state index in [0.717, 1.165) is 10.1 Å². The van der Waals surface area contributed by atoms with Gasteiger partial charge >= 0.3 is 0 Å². The molecule has 0 bridgehead atoms. The van der Waals surface area contributed by atoms with Gasteiger partial charge in [-0.2, -0.15) is 0 Å². The highest BCUT2D eigenvalue weighted by atomic mass is 35.5. The Morgan fingerprint density at radius 2 is 1.59 bits per heavy atom. The normalized spacial score (nSPS) is 11.5. The van der Waals surface area contributed by atoms with Crippen LogP contribution in [0.1, 0.15) is 21.5 Å². The van der Waals surface area contributed by atoms with Crippen molar-refractivity contribution < 1.29 is 13.2 Å². The Labute approximate surface area is 177 Å². The molecule has 0 aliphatic rings. The lowest BCUT2D eigenvalue weighted by molar-refractivity contribution is 0.103. The minimum Gasteiger partial charge on any atom is -0.289 e. The number of sulfonamides is 1. The summed E-state index contributed by atoms with van der Waals surface area (Å²) in [7, 11) is -3.76. The lowest BCUT2D eigenvalue weighted by Gasteiger charge is -2.08. The van der Waals surface area contributed by atoms with Gasteiger partial charge in [-0.1, -0.05) is 41.9 Å². The van der Waals surface area contributed by atoms with E-state index in [0.29, 0.717) is 27.4 Å². The van der Waals surface area contributed by atoms with Crippen LogP contribution in [-0.4, -0.2) is 14.2 Å². The van der Waals surface area contributed by atoms with E-state index < -0.39 is 10.0 Å². The second-order valence-electron chi connectivity index (χ2n) is 6.53. The van der Waals surface area contributed by atoms with Crippen molar-refractivity contribution in [3.8, 4) is 0 Å². The molecule has 0 aliphatic heterocycles. The zero-order valence-corrected chi connectivity index (χ0v) is 17.7. The van der Waals surface area contributed by atoms with E-state index in [1.807, 2.05) is 12.1 Å². The average Bonchev–Trinajstić information content (AvgIpc) is 3.05. The second-order valence-corrected chi connectivity index (χ2v) is 9.90. The number of anilines is 1. The van der Waals surface area contributed by atoms with Gasteiger partial charge < -0.3 is 0 Å². The van der Waals surface area contributed by atoms with E-state index in [9.17, 15) is 13.2 Å². The van der Waals surface area contributed by atoms with Crippen molar-refractivity contribution in [1.29, 1.82) is 0 Å². The number of hydrogen-bond donors (Lipinski definition) is 1. The molecule has 0 fully saturated rings. The van der Waals surface area contributed by atoms with Crippen LogP contribution in [0.3, 0.4) is 0 Å². The van der Waals surface area contributed by atoms with Crippen molar-refractivity contribution in [2.75, 3.05) is 4.72 Å². The summed E-state index contributed by atoms with van der Waals surface area (Å²) < 4.78 is 29.5. The molecule has 4 aromatic rings. The third kappa shape index (κ3) is 3.92. The lowest BCUT2D eigenvalue weighted by Crippen LogP contribution is -2.12. The Bertz CT molecular complexity index is 1310. The summed E-state index contributed by atoms with van der Waals surface area (Å²) >= 11 is 7.24. The molecule has 1 N–H and O–H groups in total. The number of carbonyl (C=O) groups excluding carboxylic acids is 1. The van der Waals surface area contributed by atoms with Crippen molar-refractivity contribution in [3.63, 3.8) is 0 Å². The Morgan fingerprint density at radius 3 is 2.28 bits per heavy atom. The number of carbonyl (C=O) groups is 1. The van der Waals surface area contributed by atoms with Gasteiger partial charge in [-0.25, -0.2) is 8.42 Å². The predicted molar refractivity (Wildman–Crippen MR) is 119 cm³/mol. The monoisotopic (exact) mass is 441 g/mol. The standard InChI is InChI=1S/C22H16ClNO3S2/c1-14-19-13-17(23)9-12-20(19)28-22(14)29(26,27)24-18-10-7-16(8-11-18)21(25)15-5-3-2-4-6-15/h2-13,24H,1H3. The Hall–Kier alpha value is -2.67. The van der Waals surface area contributed by atoms with Crippen LogP contribution in [0.4, 0.5) is 5.69 Å². The molecule has 3 aromatic carbocycles. The van der Waals surface area contributed by atoms with Gasteiger partial charge in [0.05, 0.1) is 0 Å². The molecule has 29 heavy (non-hydrogen) atoms. The summed E-state index contributed by atoms with van der Waals surface area (Å²) in [6, 6.07) is 20.7. The first kappa shape index (κ1) is 19.6. The average molecular weight is 442 g/mol. The van der Waals surface area contributed by atoms with E-state index >= 15 is 0 Å². The summed E-state index contributed by atoms with van der Waals surface area (Å²) in [5.41, 5.74) is 2.13. The van der Waals surface area contributed by atoms with Crippen LogP contribution >= 0.6 is 22.9 Å². The third-order valence-corrected chi connectivity index (χ3v) is 8.04. The number of benzene rings is 3. The van der Waals surface area contributed by atoms with Gasteiger partial charge in [-0.15, -0.1) is 11.3 Å². The molecular formula is C22H16ClNO3S2. The van der Waals surface area contributed by atoms with E-state index in [1.165, 1.54) is 11.3 Å². The first-order chi connectivity index (χ1) is 13.8. The SMILES string of the molecule is Cc1c(S(=O)(=O)Nc2ccc(C(=O)c3ccccc3)cc2)sc2ccc(Cl)cc12. The fourth-order valence-electron chi connectivity index (χ4n) is 3.07. The predicted octanol–water partition coefficient (Wildman–Crippen LogP) is 5.89. The fraction of sp³-hybridized carbons (Fsp3) is 0.0455. The van der Waals surface area contributed by atoms with Gasteiger partial charge in [0.1, 0.15) is 4.21 Å². The number of halogens is 1. The molecule has 0 saturated heterocycles. The van der Waals surface area contributed by atoms with Crippen LogP contribution in [0.2, 0.25) is 5.02 Å². The zero-order valence-electron chi connectivity index (χ0n) is 15.3. The molecule has 0 spiro atoms. The molecule has 0 saturated carbocycles. The molecule has 0 atom stereocenters. The number of thiophene rings is 1. The molecule has 0 unspecified atom stereocenters. The number of hydrogen-bond acceptors (Lipinski definition) is 4. The van der Waals surface area contributed by atoms with Gasteiger partial charge in [0.2, 0.25) is 0 Å². The van der Waals surface area contributed by atoms with Crippen LogP contribution in [-0.2, 0) is 10.0 Å². The van der Waals surface area contributed by atoms with Gasteiger partial charge in [-0.05, 0) is 60.3 Å². The molecule has 146 valence electrons. The Balaban J connectivity index is 1.60. The molecule has 1 heterocycles.